The van der Waals surface area contributed by atoms with Crippen LogP contribution in [-0.2, 0) is 28.3 Å². The molecule has 2 amide bonds. The van der Waals surface area contributed by atoms with E-state index in [9.17, 15) is 9.59 Å². The van der Waals surface area contributed by atoms with Crippen molar-refractivity contribution in [2.24, 2.45) is 0 Å². The summed E-state index contributed by atoms with van der Waals surface area (Å²) < 4.78 is 0. The van der Waals surface area contributed by atoms with Gasteiger partial charge < -0.3 is 10.2 Å². The van der Waals surface area contributed by atoms with Crippen molar-refractivity contribution in [3.05, 3.63) is 106 Å². The molecule has 7 heteroatoms. The van der Waals surface area contributed by atoms with Gasteiger partial charge >= 0.3 is 0 Å². The zero-order valence-electron chi connectivity index (χ0n) is 20.5. The number of amides is 2. The number of nitrogens with one attached hydrogen (secondary N) is 1. The SMILES string of the molecule is CCCCNC(=O)C(Cc1ccccc1)N(Cc1ccc(Cl)cc1)C(=O)CSCc1ccc(Cl)cc1. The molecule has 0 aromatic heterocycles. The Hall–Kier alpha value is -2.47. The van der Waals surface area contributed by atoms with Crippen LogP contribution in [0, 0.1) is 0 Å². The van der Waals surface area contributed by atoms with Crippen LogP contribution in [0.4, 0.5) is 0 Å². The summed E-state index contributed by atoms with van der Waals surface area (Å²) in [6, 6.07) is 24.3. The fourth-order valence-electron chi connectivity index (χ4n) is 3.77. The number of halogens is 2. The Labute approximate surface area is 228 Å². The minimum Gasteiger partial charge on any atom is -0.354 e. The highest BCUT2D eigenvalue weighted by molar-refractivity contribution is 7.99. The maximum absolute atomic E-state index is 13.6. The number of thioether (sulfide) groups is 1. The highest BCUT2D eigenvalue weighted by Gasteiger charge is 2.30. The van der Waals surface area contributed by atoms with Gasteiger partial charge in [0.15, 0.2) is 0 Å². The molecule has 0 aliphatic carbocycles. The van der Waals surface area contributed by atoms with Crippen molar-refractivity contribution in [3.63, 3.8) is 0 Å². The highest BCUT2D eigenvalue weighted by atomic mass is 35.5. The molecule has 0 fully saturated rings. The third-order valence-electron chi connectivity index (χ3n) is 5.77. The second-order valence-corrected chi connectivity index (χ2v) is 10.5. The summed E-state index contributed by atoms with van der Waals surface area (Å²) in [7, 11) is 0. The number of nitrogens with zero attached hydrogens (tertiary/aromatic N) is 1. The summed E-state index contributed by atoms with van der Waals surface area (Å²) in [5, 5.41) is 4.37. The first-order chi connectivity index (χ1) is 17.5. The Kier molecular flexibility index (Phi) is 11.7. The Balaban J connectivity index is 1.81. The Morgan fingerprint density at radius 2 is 1.47 bits per heavy atom. The van der Waals surface area contributed by atoms with Crippen LogP contribution < -0.4 is 5.32 Å². The van der Waals surface area contributed by atoms with Crippen LogP contribution in [0.5, 0.6) is 0 Å². The van der Waals surface area contributed by atoms with E-state index < -0.39 is 6.04 Å². The average molecular weight is 544 g/mol. The zero-order chi connectivity index (χ0) is 25.8. The third-order valence-corrected chi connectivity index (χ3v) is 7.27. The van der Waals surface area contributed by atoms with E-state index in [-0.39, 0.29) is 17.6 Å². The van der Waals surface area contributed by atoms with E-state index in [1.165, 1.54) is 11.8 Å². The van der Waals surface area contributed by atoms with E-state index in [1.807, 2.05) is 78.9 Å². The smallest absolute Gasteiger partial charge is 0.243 e. The maximum Gasteiger partial charge on any atom is 0.243 e. The standard InChI is InChI=1S/C29H32Cl2N2O2S/c1-2-3-17-32-29(35)27(18-22-7-5-4-6-8-22)33(19-23-9-13-25(30)14-10-23)28(34)21-36-20-24-11-15-26(31)16-12-24/h4-16,27H,2-3,17-21H2,1H3,(H,32,35). The van der Waals surface area contributed by atoms with Crippen LogP contribution in [0.1, 0.15) is 36.5 Å². The van der Waals surface area contributed by atoms with E-state index >= 15 is 0 Å². The van der Waals surface area contributed by atoms with Gasteiger partial charge in [0.05, 0.1) is 5.75 Å². The van der Waals surface area contributed by atoms with Crippen LogP contribution in [0.3, 0.4) is 0 Å². The average Bonchev–Trinajstić information content (AvgIpc) is 2.89. The van der Waals surface area contributed by atoms with Gasteiger partial charge in [-0.3, -0.25) is 9.59 Å². The molecule has 1 N–H and O–H groups in total. The second kappa shape index (κ2) is 14.9. The molecule has 0 aliphatic heterocycles. The fourth-order valence-corrected chi connectivity index (χ4v) is 4.89. The number of rotatable bonds is 13. The molecule has 190 valence electrons. The topological polar surface area (TPSA) is 49.4 Å². The van der Waals surface area contributed by atoms with Crippen LogP contribution in [0.2, 0.25) is 10.0 Å². The zero-order valence-corrected chi connectivity index (χ0v) is 22.8. The summed E-state index contributed by atoms with van der Waals surface area (Å²) in [6.07, 6.45) is 2.32. The van der Waals surface area contributed by atoms with Crippen molar-refractivity contribution in [2.45, 2.75) is 44.5 Å². The quantitative estimate of drug-likeness (QED) is 0.242. The second-order valence-electron chi connectivity index (χ2n) is 8.62. The molecule has 0 aliphatic rings. The van der Waals surface area contributed by atoms with E-state index in [0.29, 0.717) is 35.3 Å². The molecule has 0 saturated carbocycles. The molecule has 0 radical (unpaired) electrons. The molecule has 0 heterocycles. The summed E-state index contributed by atoms with van der Waals surface area (Å²) >= 11 is 13.6. The van der Waals surface area contributed by atoms with Gasteiger partial charge in [-0.15, -0.1) is 11.8 Å². The normalized spacial score (nSPS) is 11.6. The van der Waals surface area contributed by atoms with Gasteiger partial charge in [0.25, 0.3) is 0 Å². The monoisotopic (exact) mass is 542 g/mol. The predicted octanol–water partition coefficient (Wildman–Crippen LogP) is 6.78. The van der Waals surface area contributed by atoms with E-state index in [1.54, 1.807) is 4.90 Å². The van der Waals surface area contributed by atoms with Crippen LogP contribution in [-0.4, -0.2) is 35.1 Å². The van der Waals surface area contributed by atoms with Crippen molar-refractivity contribution < 1.29 is 9.59 Å². The van der Waals surface area contributed by atoms with Gasteiger partial charge in [0.1, 0.15) is 6.04 Å². The highest BCUT2D eigenvalue weighted by Crippen LogP contribution is 2.20. The fraction of sp³-hybridized carbons (Fsp3) is 0.310. The third kappa shape index (κ3) is 9.20. The molecule has 1 atom stereocenters. The van der Waals surface area contributed by atoms with E-state index in [2.05, 4.69) is 12.2 Å². The van der Waals surface area contributed by atoms with Gasteiger partial charge in [-0.05, 0) is 47.4 Å². The lowest BCUT2D eigenvalue weighted by Crippen LogP contribution is -2.51. The van der Waals surface area contributed by atoms with Crippen LogP contribution >= 0.6 is 35.0 Å². The summed E-state index contributed by atoms with van der Waals surface area (Å²) in [6.45, 7) is 3.01. The van der Waals surface area contributed by atoms with Crippen LogP contribution in [0.15, 0.2) is 78.9 Å². The molecule has 0 spiro atoms. The summed E-state index contributed by atoms with van der Waals surface area (Å²) in [5.74, 6) is 0.751. The van der Waals surface area contributed by atoms with Gasteiger partial charge in [0, 0.05) is 35.3 Å². The van der Waals surface area contributed by atoms with E-state index in [4.69, 9.17) is 23.2 Å². The van der Waals surface area contributed by atoms with Crippen molar-refractivity contribution in [1.29, 1.82) is 0 Å². The Morgan fingerprint density at radius 3 is 2.08 bits per heavy atom. The molecule has 0 bridgehead atoms. The van der Waals surface area contributed by atoms with Gasteiger partial charge in [0.2, 0.25) is 11.8 Å². The van der Waals surface area contributed by atoms with Crippen LogP contribution in [0.25, 0.3) is 0 Å². The number of unbranched alkanes of at least 4 members (excludes halogenated alkanes) is 1. The van der Waals surface area contributed by atoms with Crippen molar-refractivity contribution >= 4 is 46.8 Å². The molecular formula is C29H32Cl2N2O2S. The first-order valence-corrected chi connectivity index (χ1v) is 14.0. The van der Waals surface area contributed by atoms with Gasteiger partial charge in [-0.2, -0.15) is 0 Å². The molecular weight excluding hydrogens is 511 g/mol. The van der Waals surface area contributed by atoms with Crippen molar-refractivity contribution in [3.8, 4) is 0 Å². The van der Waals surface area contributed by atoms with E-state index in [0.717, 1.165) is 29.5 Å². The summed E-state index contributed by atoms with van der Waals surface area (Å²) in [4.78, 5) is 28.7. The lowest BCUT2D eigenvalue weighted by Gasteiger charge is -2.31. The summed E-state index contributed by atoms with van der Waals surface area (Å²) in [5.41, 5.74) is 3.03. The largest absolute Gasteiger partial charge is 0.354 e. The number of carbonyl (C=O) groups is 2. The first kappa shape index (κ1) is 28.1. The lowest BCUT2D eigenvalue weighted by atomic mass is 10.0. The minimum atomic E-state index is -0.622. The molecule has 1 unspecified atom stereocenters. The van der Waals surface area contributed by atoms with Crippen molar-refractivity contribution in [1.82, 2.24) is 10.2 Å². The predicted molar refractivity (Wildman–Crippen MR) is 151 cm³/mol. The molecule has 3 aromatic carbocycles. The molecule has 4 nitrogen and oxygen atoms in total. The Morgan fingerprint density at radius 1 is 0.861 bits per heavy atom. The van der Waals surface area contributed by atoms with Crippen molar-refractivity contribution in [2.75, 3.05) is 12.3 Å². The molecule has 0 saturated heterocycles. The number of hydrogen-bond acceptors (Lipinski definition) is 3. The van der Waals surface area contributed by atoms with Gasteiger partial charge in [-0.25, -0.2) is 0 Å². The van der Waals surface area contributed by atoms with Gasteiger partial charge in [-0.1, -0.05) is 91.1 Å². The number of hydrogen-bond donors (Lipinski definition) is 1. The molecule has 3 aromatic rings. The molecule has 36 heavy (non-hydrogen) atoms. The number of benzene rings is 3. The maximum atomic E-state index is 13.6. The Bertz CT molecular complexity index is 1090. The first-order valence-electron chi connectivity index (χ1n) is 12.1. The lowest BCUT2D eigenvalue weighted by molar-refractivity contribution is -0.139. The minimum absolute atomic E-state index is 0.0736. The molecule has 3 rings (SSSR count). The number of carbonyl (C=O) groups excluding carboxylic acids is 2.